The summed E-state index contributed by atoms with van der Waals surface area (Å²) in [7, 11) is 0. The fraction of sp³-hybridized carbons (Fsp3) is 0.0952. The van der Waals surface area contributed by atoms with Gasteiger partial charge in [-0.05, 0) is 35.4 Å². The zero-order valence-corrected chi connectivity index (χ0v) is 14.7. The molecule has 0 aliphatic carbocycles. The fourth-order valence-corrected chi connectivity index (χ4v) is 3.39. The molecule has 0 spiro atoms. The molecule has 0 aromatic heterocycles. The molecular weight excluding hydrogens is 336 g/mol. The van der Waals surface area contributed by atoms with Crippen LogP contribution in [0.4, 0.5) is 0 Å². The number of hydrogen-bond donors (Lipinski definition) is 0. The molecule has 0 amide bonds. The number of benzene rings is 3. The van der Waals surface area contributed by atoms with Crippen LogP contribution in [-0.2, 0) is 0 Å². The maximum Gasteiger partial charge on any atom is 0.163 e. The highest BCUT2D eigenvalue weighted by molar-refractivity contribution is 7.99. The monoisotopic (exact) mass is 352 g/mol. The maximum atomic E-state index is 12.3. The van der Waals surface area contributed by atoms with Crippen LogP contribution in [0.2, 0.25) is 5.02 Å². The Labute approximate surface area is 151 Å². The van der Waals surface area contributed by atoms with E-state index in [9.17, 15) is 4.79 Å². The third-order valence-electron chi connectivity index (χ3n) is 3.73. The molecule has 0 fully saturated rings. The van der Waals surface area contributed by atoms with Gasteiger partial charge in [-0.15, -0.1) is 11.8 Å². The molecule has 1 nitrogen and oxygen atoms in total. The smallest absolute Gasteiger partial charge is 0.163 e. The number of rotatable bonds is 6. The Hall–Kier alpha value is -2.03. The number of halogens is 1. The quantitative estimate of drug-likeness (QED) is 0.378. The van der Waals surface area contributed by atoms with Crippen molar-refractivity contribution >= 4 is 29.1 Å². The molecule has 0 saturated heterocycles. The second-order valence-corrected chi connectivity index (χ2v) is 7.02. The van der Waals surface area contributed by atoms with Crippen molar-refractivity contribution in [2.24, 2.45) is 0 Å². The molecule has 0 unspecified atom stereocenters. The van der Waals surface area contributed by atoms with Crippen LogP contribution in [0.3, 0.4) is 0 Å². The van der Waals surface area contributed by atoms with E-state index in [2.05, 4.69) is 12.1 Å². The van der Waals surface area contributed by atoms with Crippen LogP contribution in [0.25, 0.3) is 11.1 Å². The maximum absolute atomic E-state index is 12.3. The zero-order chi connectivity index (χ0) is 16.8. The summed E-state index contributed by atoms with van der Waals surface area (Å²) in [5, 5.41) is 0.730. The Morgan fingerprint density at radius 2 is 1.42 bits per heavy atom. The van der Waals surface area contributed by atoms with Crippen LogP contribution >= 0.6 is 23.4 Å². The zero-order valence-electron chi connectivity index (χ0n) is 13.1. The summed E-state index contributed by atoms with van der Waals surface area (Å²) in [5.74, 6) is 0.942. The van der Waals surface area contributed by atoms with Gasteiger partial charge in [0, 0.05) is 27.7 Å². The van der Waals surface area contributed by atoms with Gasteiger partial charge in [0.15, 0.2) is 5.78 Å². The van der Waals surface area contributed by atoms with Gasteiger partial charge >= 0.3 is 0 Å². The van der Waals surface area contributed by atoms with Crippen molar-refractivity contribution in [1.29, 1.82) is 0 Å². The van der Waals surface area contributed by atoms with E-state index in [1.807, 2.05) is 66.7 Å². The second-order valence-electron chi connectivity index (χ2n) is 5.42. The minimum atomic E-state index is 0.177. The highest BCUT2D eigenvalue weighted by Gasteiger charge is 2.07. The topological polar surface area (TPSA) is 17.1 Å². The third-order valence-corrected chi connectivity index (χ3v) is 4.99. The van der Waals surface area contributed by atoms with Crippen LogP contribution in [0.15, 0.2) is 83.8 Å². The normalized spacial score (nSPS) is 10.5. The first-order valence-corrected chi connectivity index (χ1v) is 9.16. The molecule has 0 N–H and O–H groups in total. The molecule has 0 aliphatic rings. The van der Waals surface area contributed by atoms with Crippen molar-refractivity contribution in [2.75, 3.05) is 5.75 Å². The van der Waals surface area contributed by atoms with Crippen molar-refractivity contribution in [3.8, 4) is 11.1 Å². The fourth-order valence-electron chi connectivity index (χ4n) is 2.42. The van der Waals surface area contributed by atoms with E-state index < -0.39 is 0 Å². The van der Waals surface area contributed by atoms with Crippen LogP contribution in [0.5, 0.6) is 0 Å². The molecular formula is C21H17ClOS. The van der Waals surface area contributed by atoms with Gasteiger partial charge in [-0.2, -0.15) is 0 Å². The highest BCUT2D eigenvalue weighted by Crippen LogP contribution is 2.23. The van der Waals surface area contributed by atoms with Crippen LogP contribution in [0, 0.1) is 0 Å². The molecule has 0 bridgehead atoms. The van der Waals surface area contributed by atoms with Crippen molar-refractivity contribution in [2.45, 2.75) is 11.3 Å². The first kappa shape index (κ1) is 16.8. The first-order chi connectivity index (χ1) is 11.7. The molecule has 0 saturated carbocycles. The van der Waals surface area contributed by atoms with Gasteiger partial charge in [0.25, 0.3) is 0 Å². The largest absolute Gasteiger partial charge is 0.294 e. The minimum absolute atomic E-state index is 0.177. The van der Waals surface area contributed by atoms with Crippen molar-refractivity contribution in [3.63, 3.8) is 0 Å². The Morgan fingerprint density at radius 1 is 0.792 bits per heavy atom. The van der Waals surface area contributed by atoms with E-state index in [0.717, 1.165) is 32.4 Å². The summed E-state index contributed by atoms with van der Waals surface area (Å²) in [6, 6.07) is 25.7. The average Bonchev–Trinajstić information content (AvgIpc) is 2.64. The molecule has 120 valence electrons. The van der Waals surface area contributed by atoms with E-state index in [0.29, 0.717) is 6.42 Å². The molecule has 0 radical (unpaired) electrons. The summed E-state index contributed by atoms with van der Waals surface area (Å²) in [4.78, 5) is 13.4. The standard InChI is InChI=1S/C21H17ClOS/c22-19-10-12-20(13-11-19)24-15-14-21(23)18-8-6-17(7-9-18)16-4-2-1-3-5-16/h1-13H,14-15H2. The van der Waals surface area contributed by atoms with Gasteiger partial charge in [0.2, 0.25) is 0 Å². The number of ketones is 1. The Bertz CT molecular complexity index is 796. The lowest BCUT2D eigenvalue weighted by Crippen LogP contribution is -2.00. The lowest BCUT2D eigenvalue weighted by Gasteiger charge is -2.05. The van der Waals surface area contributed by atoms with Crippen LogP contribution < -0.4 is 0 Å². The summed E-state index contributed by atoms with van der Waals surface area (Å²) in [6.07, 6.45) is 0.526. The summed E-state index contributed by atoms with van der Waals surface area (Å²) >= 11 is 7.54. The molecule has 0 atom stereocenters. The number of carbonyl (C=O) groups excluding carboxylic acids is 1. The predicted octanol–water partition coefficient (Wildman–Crippen LogP) is 6.37. The Morgan fingerprint density at radius 3 is 2.08 bits per heavy atom. The van der Waals surface area contributed by atoms with Crippen molar-refractivity contribution in [1.82, 2.24) is 0 Å². The van der Waals surface area contributed by atoms with E-state index in [4.69, 9.17) is 11.6 Å². The van der Waals surface area contributed by atoms with E-state index in [1.54, 1.807) is 11.8 Å². The van der Waals surface area contributed by atoms with Crippen molar-refractivity contribution in [3.05, 3.63) is 89.4 Å². The van der Waals surface area contributed by atoms with E-state index in [1.165, 1.54) is 0 Å². The molecule has 3 aromatic carbocycles. The van der Waals surface area contributed by atoms with Gasteiger partial charge in [-0.3, -0.25) is 4.79 Å². The Balaban J connectivity index is 1.56. The predicted molar refractivity (Wildman–Crippen MR) is 103 cm³/mol. The molecule has 3 heteroatoms. The molecule has 0 aliphatic heterocycles. The van der Waals surface area contributed by atoms with Gasteiger partial charge < -0.3 is 0 Å². The van der Waals surface area contributed by atoms with E-state index >= 15 is 0 Å². The molecule has 3 rings (SSSR count). The number of carbonyl (C=O) groups is 1. The van der Waals surface area contributed by atoms with Gasteiger partial charge in [0.05, 0.1) is 0 Å². The lowest BCUT2D eigenvalue weighted by atomic mass is 10.0. The van der Waals surface area contributed by atoms with Crippen LogP contribution in [-0.4, -0.2) is 11.5 Å². The minimum Gasteiger partial charge on any atom is -0.294 e. The lowest BCUT2D eigenvalue weighted by molar-refractivity contribution is 0.0989. The average molecular weight is 353 g/mol. The Kier molecular flexibility index (Phi) is 5.73. The first-order valence-electron chi connectivity index (χ1n) is 7.79. The summed E-state index contributed by atoms with van der Waals surface area (Å²) in [6.45, 7) is 0. The number of thioether (sulfide) groups is 1. The number of hydrogen-bond acceptors (Lipinski definition) is 2. The third kappa shape index (κ3) is 4.50. The van der Waals surface area contributed by atoms with Gasteiger partial charge in [0.1, 0.15) is 0 Å². The van der Waals surface area contributed by atoms with Gasteiger partial charge in [-0.1, -0.05) is 66.2 Å². The van der Waals surface area contributed by atoms with Crippen LogP contribution in [0.1, 0.15) is 16.8 Å². The van der Waals surface area contributed by atoms with E-state index in [-0.39, 0.29) is 5.78 Å². The molecule has 3 aromatic rings. The van der Waals surface area contributed by atoms with Gasteiger partial charge in [-0.25, -0.2) is 0 Å². The van der Waals surface area contributed by atoms with Crippen molar-refractivity contribution < 1.29 is 4.79 Å². The highest BCUT2D eigenvalue weighted by atomic mass is 35.5. The molecule has 0 heterocycles. The summed E-state index contributed by atoms with van der Waals surface area (Å²) < 4.78 is 0. The summed E-state index contributed by atoms with van der Waals surface area (Å²) in [5.41, 5.74) is 3.06. The second kappa shape index (κ2) is 8.18. The number of Topliss-reactive ketones (excluding diaryl/α,β-unsaturated/α-hetero) is 1. The SMILES string of the molecule is O=C(CCSc1ccc(Cl)cc1)c1ccc(-c2ccccc2)cc1. The molecule has 24 heavy (non-hydrogen) atoms.